The molecule has 23 heavy (non-hydrogen) atoms. The number of rotatable bonds is 4. The molecular formula is C20H26O2S. The Bertz CT molecular complexity index is 657. The van der Waals surface area contributed by atoms with Gasteiger partial charge in [0.15, 0.2) is 0 Å². The van der Waals surface area contributed by atoms with E-state index in [4.69, 9.17) is 0 Å². The van der Waals surface area contributed by atoms with Crippen LogP contribution >= 0.6 is 11.8 Å². The summed E-state index contributed by atoms with van der Waals surface area (Å²) in [6.45, 7) is 12.4. The van der Waals surface area contributed by atoms with E-state index in [0.717, 1.165) is 22.3 Å². The monoisotopic (exact) mass is 330 g/mol. The lowest BCUT2D eigenvalue weighted by atomic mass is 10.0. The van der Waals surface area contributed by atoms with E-state index in [2.05, 4.69) is 39.8 Å². The molecule has 0 saturated carbocycles. The van der Waals surface area contributed by atoms with Gasteiger partial charge in [0, 0.05) is 9.79 Å². The zero-order valence-electron chi connectivity index (χ0n) is 14.8. The molecule has 0 aliphatic carbocycles. The summed E-state index contributed by atoms with van der Waals surface area (Å²) in [6.07, 6.45) is 0. The van der Waals surface area contributed by atoms with E-state index in [1.165, 1.54) is 9.79 Å². The van der Waals surface area contributed by atoms with E-state index in [1.54, 1.807) is 11.8 Å². The van der Waals surface area contributed by atoms with Crippen molar-refractivity contribution in [3.63, 3.8) is 0 Å². The Balaban J connectivity index is 2.55. The molecule has 0 unspecified atom stereocenters. The fraction of sp³-hybridized carbons (Fsp3) is 0.400. The van der Waals surface area contributed by atoms with E-state index in [-0.39, 0.29) is 0 Å². The largest absolute Gasteiger partial charge is 0.508 e. The van der Waals surface area contributed by atoms with Crippen molar-refractivity contribution in [2.24, 2.45) is 0 Å². The minimum absolute atomic E-state index is 0.338. The standard InChI is InChI=1S/C20H26O2S/c1-11(2)15-9-17(21)13(5)7-19(15)23-20-8-14(6)18(22)10-16(20)12(3)4/h7-12,21-22H,1-6H3. The maximum Gasteiger partial charge on any atom is 0.118 e. The summed E-state index contributed by atoms with van der Waals surface area (Å²) in [4.78, 5) is 2.34. The third kappa shape index (κ3) is 3.84. The minimum Gasteiger partial charge on any atom is -0.508 e. The van der Waals surface area contributed by atoms with Crippen LogP contribution in [0.25, 0.3) is 0 Å². The molecule has 0 radical (unpaired) electrons. The number of aromatic hydroxyl groups is 2. The third-order valence-corrected chi connectivity index (χ3v) is 5.27. The van der Waals surface area contributed by atoms with Crippen LogP contribution in [0.1, 0.15) is 61.8 Å². The molecule has 2 aromatic rings. The Kier molecular flexibility index (Phi) is 5.30. The van der Waals surface area contributed by atoms with Crippen LogP contribution < -0.4 is 0 Å². The van der Waals surface area contributed by atoms with Crippen molar-refractivity contribution in [2.45, 2.75) is 63.2 Å². The zero-order chi connectivity index (χ0) is 17.3. The summed E-state index contributed by atoms with van der Waals surface area (Å²) in [5.41, 5.74) is 4.08. The molecule has 2 nitrogen and oxygen atoms in total. The van der Waals surface area contributed by atoms with Gasteiger partial charge in [-0.05, 0) is 72.2 Å². The smallest absolute Gasteiger partial charge is 0.118 e. The fourth-order valence-corrected chi connectivity index (χ4v) is 4.10. The summed E-state index contributed by atoms with van der Waals surface area (Å²) in [7, 11) is 0. The van der Waals surface area contributed by atoms with Crippen molar-refractivity contribution in [1.29, 1.82) is 0 Å². The molecule has 0 saturated heterocycles. The maximum atomic E-state index is 10.0. The number of hydrogen-bond acceptors (Lipinski definition) is 3. The van der Waals surface area contributed by atoms with Gasteiger partial charge in [0.25, 0.3) is 0 Å². The van der Waals surface area contributed by atoms with Crippen molar-refractivity contribution < 1.29 is 10.2 Å². The first-order valence-corrected chi connectivity index (χ1v) is 8.87. The van der Waals surface area contributed by atoms with Gasteiger partial charge in [-0.2, -0.15) is 0 Å². The van der Waals surface area contributed by atoms with Gasteiger partial charge < -0.3 is 10.2 Å². The van der Waals surface area contributed by atoms with Gasteiger partial charge in [-0.15, -0.1) is 0 Å². The van der Waals surface area contributed by atoms with Crippen LogP contribution in [0.3, 0.4) is 0 Å². The molecule has 0 bridgehead atoms. The minimum atomic E-state index is 0.338. The number of phenols is 2. The molecule has 2 N–H and O–H groups in total. The number of hydrogen-bond donors (Lipinski definition) is 2. The van der Waals surface area contributed by atoms with E-state index >= 15 is 0 Å². The van der Waals surface area contributed by atoms with Crippen molar-refractivity contribution in [1.82, 2.24) is 0 Å². The maximum absolute atomic E-state index is 10.0. The van der Waals surface area contributed by atoms with Crippen molar-refractivity contribution in [2.75, 3.05) is 0 Å². The molecule has 2 aromatic carbocycles. The quantitative estimate of drug-likeness (QED) is 0.710. The lowest BCUT2D eigenvalue weighted by Crippen LogP contribution is -1.96. The Morgan fingerprint density at radius 2 is 1.04 bits per heavy atom. The molecule has 0 atom stereocenters. The van der Waals surface area contributed by atoms with E-state index in [1.807, 2.05) is 26.0 Å². The van der Waals surface area contributed by atoms with Crippen LogP contribution in [-0.4, -0.2) is 10.2 Å². The van der Waals surface area contributed by atoms with E-state index in [9.17, 15) is 10.2 Å². The van der Waals surface area contributed by atoms with Crippen molar-refractivity contribution >= 4 is 11.8 Å². The van der Waals surface area contributed by atoms with Gasteiger partial charge >= 0.3 is 0 Å². The zero-order valence-corrected chi connectivity index (χ0v) is 15.6. The molecule has 3 heteroatoms. The van der Waals surface area contributed by atoms with Crippen LogP contribution in [-0.2, 0) is 0 Å². The molecule has 124 valence electrons. The highest BCUT2D eigenvalue weighted by atomic mass is 32.2. The highest BCUT2D eigenvalue weighted by Crippen LogP contribution is 2.42. The van der Waals surface area contributed by atoms with Gasteiger partial charge in [0.05, 0.1) is 0 Å². The van der Waals surface area contributed by atoms with Crippen molar-refractivity contribution in [3.8, 4) is 11.5 Å². The number of benzene rings is 2. The molecule has 0 aliphatic rings. The Morgan fingerprint density at radius 1 is 0.696 bits per heavy atom. The summed E-state index contributed by atoms with van der Waals surface area (Å²) >= 11 is 1.72. The van der Waals surface area contributed by atoms with Crippen molar-refractivity contribution in [3.05, 3.63) is 46.5 Å². The lowest BCUT2D eigenvalue weighted by Gasteiger charge is -2.18. The summed E-state index contributed by atoms with van der Waals surface area (Å²) < 4.78 is 0. The molecule has 0 aliphatic heterocycles. The highest BCUT2D eigenvalue weighted by molar-refractivity contribution is 7.99. The average molecular weight is 330 g/mol. The van der Waals surface area contributed by atoms with E-state index < -0.39 is 0 Å². The van der Waals surface area contributed by atoms with Crippen LogP contribution in [0, 0.1) is 13.8 Å². The van der Waals surface area contributed by atoms with Crippen LogP contribution in [0.5, 0.6) is 11.5 Å². The predicted molar refractivity (Wildman–Crippen MR) is 98.0 cm³/mol. The molecule has 0 heterocycles. The first kappa shape index (κ1) is 17.7. The van der Waals surface area contributed by atoms with Gasteiger partial charge in [-0.3, -0.25) is 0 Å². The third-order valence-electron chi connectivity index (χ3n) is 4.12. The van der Waals surface area contributed by atoms with Crippen LogP contribution in [0.2, 0.25) is 0 Å². The summed E-state index contributed by atoms with van der Waals surface area (Å²) in [5.74, 6) is 1.38. The van der Waals surface area contributed by atoms with Gasteiger partial charge in [0.2, 0.25) is 0 Å². The number of phenolic OH excluding ortho intramolecular Hbond substituents is 2. The molecule has 0 fully saturated rings. The van der Waals surface area contributed by atoms with Gasteiger partial charge in [-0.1, -0.05) is 39.5 Å². The first-order valence-electron chi connectivity index (χ1n) is 8.05. The van der Waals surface area contributed by atoms with Gasteiger partial charge in [-0.25, -0.2) is 0 Å². The topological polar surface area (TPSA) is 40.5 Å². The molecule has 0 spiro atoms. The normalized spacial score (nSPS) is 11.5. The Morgan fingerprint density at radius 3 is 1.35 bits per heavy atom. The first-order chi connectivity index (χ1) is 10.7. The molecule has 0 amide bonds. The van der Waals surface area contributed by atoms with E-state index in [0.29, 0.717) is 23.3 Å². The fourth-order valence-electron chi connectivity index (χ4n) is 2.57. The lowest BCUT2D eigenvalue weighted by molar-refractivity contribution is 0.468. The summed E-state index contributed by atoms with van der Waals surface area (Å²) in [6, 6.07) is 7.87. The van der Waals surface area contributed by atoms with Crippen LogP contribution in [0.15, 0.2) is 34.1 Å². The summed E-state index contributed by atoms with van der Waals surface area (Å²) in [5, 5.41) is 20.0. The Labute approximate surface area is 143 Å². The molecule has 2 rings (SSSR count). The molecular weight excluding hydrogens is 304 g/mol. The van der Waals surface area contributed by atoms with Crippen LogP contribution in [0.4, 0.5) is 0 Å². The SMILES string of the molecule is Cc1cc(Sc2cc(C)c(O)cc2C(C)C)c(C(C)C)cc1O. The number of aryl methyl sites for hydroxylation is 2. The Hall–Kier alpha value is -1.61. The average Bonchev–Trinajstić information content (AvgIpc) is 2.45. The second-order valence-corrected chi connectivity index (χ2v) is 7.85. The van der Waals surface area contributed by atoms with Gasteiger partial charge in [0.1, 0.15) is 11.5 Å². The second-order valence-electron chi connectivity index (χ2n) is 6.76. The predicted octanol–water partition coefficient (Wildman–Crippen LogP) is 6.11. The second kappa shape index (κ2) is 6.88. The highest BCUT2D eigenvalue weighted by Gasteiger charge is 2.16. The molecule has 0 aromatic heterocycles.